The predicted molar refractivity (Wildman–Crippen MR) is 68.9 cm³/mol. The van der Waals surface area contributed by atoms with E-state index < -0.39 is 5.97 Å². The first-order chi connectivity index (χ1) is 8.61. The third-order valence-electron chi connectivity index (χ3n) is 2.20. The SMILES string of the molecule is CCc1cnc(CCNC(=O)NCCC(=O)O)s1. The molecule has 0 unspecified atom stereocenters. The van der Waals surface area contributed by atoms with Crippen molar-refractivity contribution in [3.8, 4) is 0 Å². The maximum Gasteiger partial charge on any atom is 0.314 e. The third-order valence-corrected chi connectivity index (χ3v) is 3.40. The van der Waals surface area contributed by atoms with E-state index in [0.717, 1.165) is 11.4 Å². The Kier molecular flexibility index (Phi) is 6.13. The largest absolute Gasteiger partial charge is 0.481 e. The lowest BCUT2D eigenvalue weighted by atomic mass is 10.4. The molecule has 0 fully saturated rings. The van der Waals surface area contributed by atoms with Gasteiger partial charge in [0, 0.05) is 30.6 Å². The number of aromatic nitrogens is 1. The summed E-state index contributed by atoms with van der Waals surface area (Å²) >= 11 is 1.65. The van der Waals surface area contributed by atoms with Gasteiger partial charge in [-0.15, -0.1) is 11.3 Å². The molecule has 6 nitrogen and oxygen atoms in total. The first-order valence-electron chi connectivity index (χ1n) is 5.79. The molecular formula is C11H17N3O3S. The summed E-state index contributed by atoms with van der Waals surface area (Å²) in [6.07, 6.45) is 3.45. The Morgan fingerprint density at radius 1 is 1.39 bits per heavy atom. The molecule has 1 aromatic rings. The van der Waals surface area contributed by atoms with E-state index in [4.69, 9.17) is 5.11 Å². The lowest BCUT2D eigenvalue weighted by molar-refractivity contribution is -0.136. The van der Waals surface area contributed by atoms with E-state index in [1.807, 2.05) is 6.20 Å². The van der Waals surface area contributed by atoms with Crippen molar-refractivity contribution < 1.29 is 14.7 Å². The van der Waals surface area contributed by atoms with Gasteiger partial charge in [0.1, 0.15) is 0 Å². The molecule has 0 bridgehead atoms. The van der Waals surface area contributed by atoms with Crippen LogP contribution in [0.3, 0.4) is 0 Å². The zero-order chi connectivity index (χ0) is 13.4. The second kappa shape index (κ2) is 7.65. The van der Waals surface area contributed by atoms with Crippen LogP contribution in [-0.4, -0.2) is 35.2 Å². The van der Waals surface area contributed by atoms with Gasteiger partial charge in [-0.3, -0.25) is 4.79 Å². The highest BCUT2D eigenvalue weighted by molar-refractivity contribution is 7.11. The second-order valence-corrected chi connectivity index (χ2v) is 4.85. The van der Waals surface area contributed by atoms with E-state index in [9.17, 15) is 9.59 Å². The van der Waals surface area contributed by atoms with E-state index in [2.05, 4.69) is 22.5 Å². The number of amides is 2. The zero-order valence-electron chi connectivity index (χ0n) is 10.2. The topological polar surface area (TPSA) is 91.3 Å². The summed E-state index contributed by atoms with van der Waals surface area (Å²) < 4.78 is 0. The number of aliphatic carboxylic acids is 1. The quantitative estimate of drug-likeness (QED) is 0.690. The van der Waals surface area contributed by atoms with Gasteiger partial charge in [-0.25, -0.2) is 9.78 Å². The van der Waals surface area contributed by atoms with Gasteiger partial charge in [0.25, 0.3) is 0 Å². The number of carbonyl (C=O) groups excluding carboxylic acids is 1. The number of aryl methyl sites for hydroxylation is 1. The van der Waals surface area contributed by atoms with Gasteiger partial charge in [0.05, 0.1) is 11.4 Å². The predicted octanol–water partition coefficient (Wildman–Crippen LogP) is 1.02. The van der Waals surface area contributed by atoms with E-state index >= 15 is 0 Å². The summed E-state index contributed by atoms with van der Waals surface area (Å²) in [6, 6.07) is -0.344. The Bertz CT molecular complexity index is 406. The molecule has 0 aliphatic carbocycles. The van der Waals surface area contributed by atoms with Crippen LogP contribution in [-0.2, 0) is 17.6 Å². The summed E-state index contributed by atoms with van der Waals surface area (Å²) in [5, 5.41) is 14.5. The van der Waals surface area contributed by atoms with E-state index in [1.165, 1.54) is 4.88 Å². The number of nitrogens with one attached hydrogen (secondary N) is 2. The first kappa shape index (κ1) is 14.4. The van der Waals surface area contributed by atoms with Crippen molar-refractivity contribution in [1.82, 2.24) is 15.6 Å². The molecular weight excluding hydrogens is 254 g/mol. The standard InChI is InChI=1S/C11H17N3O3S/c1-2-8-7-14-9(18-8)3-5-12-11(17)13-6-4-10(15)16/h7H,2-6H2,1H3,(H,15,16)(H2,12,13,17). The molecule has 0 aromatic carbocycles. The van der Waals surface area contributed by atoms with Gasteiger partial charge >= 0.3 is 12.0 Å². The van der Waals surface area contributed by atoms with Crippen LogP contribution in [0.1, 0.15) is 23.2 Å². The summed E-state index contributed by atoms with van der Waals surface area (Å²) in [5.41, 5.74) is 0. The molecule has 0 radical (unpaired) electrons. The minimum Gasteiger partial charge on any atom is -0.481 e. The lowest BCUT2D eigenvalue weighted by Crippen LogP contribution is -2.37. The van der Waals surface area contributed by atoms with Crippen LogP contribution in [0, 0.1) is 0 Å². The number of thiazole rings is 1. The van der Waals surface area contributed by atoms with Crippen LogP contribution in [0.25, 0.3) is 0 Å². The van der Waals surface area contributed by atoms with Crippen LogP contribution in [0.15, 0.2) is 6.20 Å². The Balaban J connectivity index is 2.13. The summed E-state index contributed by atoms with van der Waals surface area (Å²) in [7, 11) is 0. The number of carbonyl (C=O) groups is 2. The highest BCUT2D eigenvalue weighted by atomic mass is 32.1. The summed E-state index contributed by atoms with van der Waals surface area (Å²) in [6.45, 7) is 2.71. The van der Waals surface area contributed by atoms with Crippen LogP contribution < -0.4 is 10.6 Å². The van der Waals surface area contributed by atoms with Crippen LogP contribution in [0.2, 0.25) is 0 Å². The maximum atomic E-state index is 11.2. The number of hydrogen-bond acceptors (Lipinski definition) is 4. The van der Waals surface area contributed by atoms with Crippen molar-refractivity contribution >= 4 is 23.3 Å². The molecule has 0 spiro atoms. The number of rotatable bonds is 7. The van der Waals surface area contributed by atoms with E-state index in [1.54, 1.807) is 11.3 Å². The molecule has 0 saturated heterocycles. The molecule has 1 heterocycles. The van der Waals surface area contributed by atoms with Gasteiger partial charge < -0.3 is 15.7 Å². The normalized spacial score (nSPS) is 10.1. The molecule has 2 amide bonds. The van der Waals surface area contributed by atoms with Crippen molar-refractivity contribution in [3.63, 3.8) is 0 Å². The van der Waals surface area contributed by atoms with Crippen LogP contribution in [0.5, 0.6) is 0 Å². The van der Waals surface area contributed by atoms with Crippen molar-refractivity contribution in [1.29, 1.82) is 0 Å². The molecule has 0 aliphatic heterocycles. The van der Waals surface area contributed by atoms with Crippen molar-refractivity contribution in [3.05, 3.63) is 16.1 Å². The minimum atomic E-state index is -0.926. The van der Waals surface area contributed by atoms with Crippen molar-refractivity contribution in [2.45, 2.75) is 26.2 Å². The molecule has 100 valence electrons. The lowest BCUT2D eigenvalue weighted by Gasteiger charge is -2.05. The fourth-order valence-electron chi connectivity index (χ4n) is 1.26. The van der Waals surface area contributed by atoms with E-state index in [-0.39, 0.29) is 19.0 Å². The van der Waals surface area contributed by atoms with Crippen molar-refractivity contribution in [2.75, 3.05) is 13.1 Å². The number of nitrogens with zero attached hydrogens (tertiary/aromatic N) is 1. The zero-order valence-corrected chi connectivity index (χ0v) is 11.0. The molecule has 0 saturated carbocycles. The fraction of sp³-hybridized carbons (Fsp3) is 0.545. The Hall–Kier alpha value is -1.63. The number of urea groups is 1. The Morgan fingerprint density at radius 2 is 2.11 bits per heavy atom. The smallest absolute Gasteiger partial charge is 0.314 e. The van der Waals surface area contributed by atoms with Gasteiger partial charge in [0.2, 0.25) is 0 Å². The van der Waals surface area contributed by atoms with Crippen molar-refractivity contribution in [2.24, 2.45) is 0 Å². The number of hydrogen-bond donors (Lipinski definition) is 3. The highest BCUT2D eigenvalue weighted by Crippen LogP contribution is 2.13. The van der Waals surface area contributed by atoms with Gasteiger partial charge in [-0.1, -0.05) is 6.92 Å². The van der Waals surface area contributed by atoms with Gasteiger partial charge in [-0.2, -0.15) is 0 Å². The third kappa shape index (κ3) is 5.62. The van der Waals surface area contributed by atoms with Gasteiger partial charge in [0.15, 0.2) is 0 Å². The number of carboxylic acids is 1. The Morgan fingerprint density at radius 3 is 2.72 bits per heavy atom. The molecule has 3 N–H and O–H groups in total. The molecule has 7 heteroatoms. The second-order valence-electron chi connectivity index (χ2n) is 3.65. The highest BCUT2D eigenvalue weighted by Gasteiger charge is 2.03. The molecule has 0 aliphatic rings. The van der Waals surface area contributed by atoms with Crippen LogP contribution >= 0.6 is 11.3 Å². The number of carboxylic acid groups (broad SMARTS) is 1. The summed E-state index contributed by atoms with van der Waals surface area (Å²) in [4.78, 5) is 26.9. The first-order valence-corrected chi connectivity index (χ1v) is 6.60. The van der Waals surface area contributed by atoms with Gasteiger partial charge in [-0.05, 0) is 6.42 Å². The maximum absolute atomic E-state index is 11.2. The monoisotopic (exact) mass is 271 g/mol. The molecule has 1 aromatic heterocycles. The molecule has 18 heavy (non-hydrogen) atoms. The van der Waals surface area contributed by atoms with Crippen LogP contribution in [0.4, 0.5) is 4.79 Å². The molecule has 1 rings (SSSR count). The average molecular weight is 271 g/mol. The minimum absolute atomic E-state index is 0.0697. The van der Waals surface area contributed by atoms with E-state index in [0.29, 0.717) is 13.0 Å². The Labute approximate surface area is 109 Å². The average Bonchev–Trinajstić information content (AvgIpc) is 2.76. The summed E-state index contributed by atoms with van der Waals surface area (Å²) in [5.74, 6) is -0.926. The fourth-order valence-corrected chi connectivity index (χ4v) is 2.12. The molecule has 0 atom stereocenters.